The van der Waals surface area contributed by atoms with E-state index in [1.165, 1.54) is 0 Å². The minimum absolute atomic E-state index is 0.298. The Balaban J connectivity index is 2.22. The zero-order valence-corrected chi connectivity index (χ0v) is 12.9. The molecule has 0 heterocycles. The van der Waals surface area contributed by atoms with Crippen LogP contribution in [0.4, 0.5) is 0 Å². The smallest absolute Gasteiger partial charge is 0.335 e. The second-order valence-electron chi connectivity index (χ2n) is 4.01. The molecular weight excluding hydrogens is 335 g/mol. The molecule has 0 saturated heterocycles. The number of ether oxygens (including phenoxy) is 2. The van der Waals surface area contributed by atoms with Gasteiger partial charge in [0.15, 0.2) is 3.78 Å². The van der Waals surface area contributed by atoms with Crippen LogP contribution >= 0.6 is 27.5 Å². The summed E-state index contributed by atoms with van der Waals surface area (Å²) in [5, 5.41) is 8.79. The van der Waals surface area contributed by atoms with Gasteiger partial charge >= 0.3 is 5.97 Å². The average Bonchev–Trinajstić information content (AvgIpc) is 2.38. The van der Waals surface area contributed by atoms with Crippen molar-refractivity contribution in [2.45, 2.75) is 23.2 Å². The zero-order valence-electron chi connectivity index (χ0n) is 10.6. The summed E-state index contributed by atoms with van der Waals surface area (Å²) in [6, 6.07) is 7.58. The van der Waals surface area contributed by atoms with E-state index in [-0.39, 0.29) is 0 Å². The van der Waals surface area contributed by atoms with Crippen LogP contribution < -0.4 is 4.74 Å². The average molecular weight is 352 g/mol. The number of rotatable bonds is 8. The lowest BCUT2D eigenvalue weighted by Gasteiger charge is -2.14. The minimum Gasteiger partial charge on any atom is -0.497 e. The van der Waals surface area contributed by atoms with Gasteiger partial charge in [-0.05, 0) is 30.5 Å². The third-order valence-electron chi connectivity index (χ3n) is 2.52. The van der Waals surface area contributed by atoms with E-state index in [9.17, 15) is 4.79 Å². The molecule has 1 aromatic carbocycles. The van der Waals surface area contributed by atoms with Crippen molar-refractivity contribution in [1.29, 1.82) is 0 Å². The number of carbonyl (C=O) groups is 1. The predicted molar refractivity (Wildman–Crippen MR) is 77.0 cm³/mol. The van der Waals surface area contributed by atoms with Gasteiger partial charge < -0.3 is 14.6 Å². The molecule has 0 aromatic heterocycles. The third kappa shape index (κ3) is 5.80. The number of alkyl halides is 2. The molecule has 1 aromatic rings. The number of methoxy groups -OCH3 is 1. The van der Waals surface area contributed by atoms with Gasteiger partial charge in [-0.1, -0.05) is 39.7 Å². The van der Waals surface area contributed by atoms with Gasteiger partial charge in [0.2, 0.25) is 0 Å². The number of carboxylic acid groups (broad SMARTS) is 1. The predicted octanol–water partition coefficient (Wildman–Crippen LogP) is 3.41. The lowest BCUT2D eigenvalue weighted by molar-refractivity contribution is -0.137. The number of benzene rings is 1. The van der Waals surface area contributed by atoms with Crippen molar-refractivity contribution in [3.63, 3.8) is 0 Å². The first-order valence-corrected chi connectivity index (χ1v) is 6.94. The molecule has 0 fully saturated rings. The van der Waals surface area contributed by atoms with E-state index in [2.05, 4.69) is 15.9 Å². The van der Waals surface area contributed by atoms with Crippen molar-refractivity contribution in [3.05, 3.63) is 29.8 Å². The molecular formula is C13H16BrClO4. The Morgan fingerprint density at radius 1 is 1.42 bits per heavy atom. The highest BCUT2D eigenvalue weighted by Crippen LogP contribution is 2.29. The molecule has 1 unspecified atom stereocenters. The fourth-order valence-electron chi connectivity index (χ4n) is 1.41. The van der Waals surface area contributed by atoms with E-state index in [1.54, 1.807) is 7.11 Å². The topological polar surface area (TPSA) is 55.8 Å². The molecule has 1 N–H and O–H groups in total. The maximum Gasteiger partial charge on any atom is 0.335 e. The molecule has 0 aliphatic carbocycles. The highest BCUT2D eigenvalue weighted by atomic mass is 79.9. The maximum atomic E-state index is 10.7. The number of aliphatic carboxylic acids is 1. The van der Waals surface area contributed by atoms with Gasteiger partial charge in [-0.15, -0.1) is 0 Å². The van der Waals surface area contributed by atoms with Gasteiger partial charge in [0, 0.05) is 6.61 Å². The lowest BCUT2D eigenvalue weighted by Crippen LogP contribution is -2.25. The van der Waals surface area contributed by atoms with Crippen LogP contribution in [0.2, 0.25) is 0 Å². The van der Waals surface area contributed by atoms with Crippen LogP contribution in [-0.4, -0.2) is 28.6 Å². The number of hydrogen-bond donors (Lipinski definition) is 1. The standard InChI is InChI=1S/C13H16BrClO4/c1-18-11-5-3-10(4-6-11)9-19-8-2-7-13(14,15)12(16)17/h3-6H,2,7-9H2,1H3,(H,16,17). The van der Waals surface area contributed by atoms with Gasteiger partial charge in [0.05, 0.1) is 13.7 Å². The molecule has 1 rings (SSSR count). The van der Waals surface area contributed by atoms with E-state index in [0.717, 1.165) is 11.3 Å². The Labute approximate surface area is 125 Å². The first-order valence-electron chi connectivity index (χ1n) is 5.77. The summed E-state index contributed by atoms with van der Waals surface area (Å²) in [6.07, 6.45) is 0.865. The molecule has 6 heteroatoms. The van der Waals surface area contributed by atoms with Crippen molar-refractivity contribution in [2.75, 3.05) is 13.7 Å². The largest absolute Gasteiger partial charge is 0.497 e. The van der Waals surface area contributed by atoms with Crippen molar-refractivity contribution < 1.29 is 19.4 Å². The molecule has 0 amide bonds. The van der Waals surface area contributed by atoms with E-state index < -0.39 is 9.75 Å². The first kappa shape index (κ1) is 16.3. The SMILES string of the molecule is COc1ccc(COCCCC(Cl)(Br)C(=O)O)cc1. The number of halogens is 2. The normalized spacial score (nSPS) is 13.8. The second kappa shape index (κ2) is 7.72. The summed E-state index contributed by atoms with van der Waals surface area (Å²) in [5.74, 6) is -0.277. The fraction of sp³-hybridized carbons (Fsp3) is 0.462. The Morgan fingerprint density at radius 3 is 2.58 bits per heavy atom. The number of hydrogen-bond acceptors (Lipinski definition) is 3. The molecule has 0 aliphatic rings. The van der Waals surface area contributed by atoms with Crippen molar-refractivity contribution in [3.8, 4) is 5.75 Å². The summed E-state index contributed by atoms with van der Waals surface area (Å²) in [7, 11) is 1.62. The van der Waals surface area contributed by atoms with Crippen LogP contribution in [0.1, 0.15) is 18.4 Å². The first-order chi connectivity index (χ1) is 8.95. The Kier molecular flexibility index (Phi) is 6.62. The molecule has 19 heavy (non-hydrogen) atoms. The molecule has 106 valence electrons. The molecule has 0 spiro atoms. The minimum atomic E-state index is -1.39. The quantitative estimate of drug-likeness (QED) is 0.576. The molecule has 0 aliphatic heterocycles. The monoisotopic (exact) mass is 350 g/mol. The van der Waals surface area contributed by atoms with Crippen LogP contribution in [0.25, 0.3) is 0 Å². The van der Waals surface area contributed by atoms with Crippen LogP contribution in [0.15, 0.2) is 24.3 Å². The van der Waals surface area contributed by atoms with Gasteiger partial charge in [0.25, 0.3) is 0 Å². The third-order valence-corrected chi connectivity index (χ3v) is 3.61. The van der Waals surface area contributed by atoms with Crippen LogP contribution in [0.3, 0.4) is 0 Å². The highest BCUT2D eigenvalue weighted by molar-refractivity contribution is 9.10. The van der Waals surface area contributed by atoms with Gasteiger partial charge in [-0.3, -0.25) is 0 Å². The van der Waals surface area contributed by atoms with Gasteiger partial charge in [-0.2, -0.15) is 0 Å². The summed E-state index contributed by atoms with van der Waals surface area (Å²) in [5.41, 5.74) is 1.04. The molecule has 4 nitrogen and oxygen atoms in total. The fourth-order valence-corrected chi connectivity index (χ4v) is 1.83. The molecule has 0 bridgehead atoms. The Hall–Kier alpha value is -0.780. The summed E-state index contributed by atoms with van der Waals surface area (Å²) >= 11 is 8.70. The van der Waals surface area contributed by atoms with Gasteiger partial charge in [-0.25, -0.2) is 4.79 Å². The van der Waals surface area contributed by atoms with E-state index in [1.807, 2.05) is 24.3 Å². The van der Waals surface area contributed by atoms with E-state index in [4.69, 9.17) is 26.2 Å². The Morgan fingerprint density at radius 2 is 2.05 bits per heavy atom. The second-order valence-corrected chi connectivity index (χ2v) is 6.47. The molecule has 1 atom stereocenters. The summed E-state index contributed by atoms with van der Waals surface area (Å²) in [4.78, 5) is 10.7. The molecule has 0 radical (unpaired) electrons. The molecule has 0 saturated carbocycles. The zero-order chi connectivity index (χ0) is 14.3. The summed E-state index contributed by atoms with van der Waals surface area (Å²) < 4.78 is 9.12. The van der Waals surface area contributed by atoms with Crippen LogP contribution in [0, 0.1) is 0 Å². The van der Waals surface area contributed by atoms with Crippen molar-refractivity contribution >= 4 is 33.5 Å². The lowest BCUT2D eigenvalue weighted by atomic mass is 10.2. The number of carboxylic acids is 1. The van der Waals surface area contributed by atoms with Gasteiger partial charge in [0.1, 0.15) is 5.75 Å². The van der Waals surface area contributed by atoms with E-state index >= 15 is 0 Å². The van der Waals surface area contributed by atoms with Crippen molar-refractivity contribution in [2.24, 2.45) is 0 Å². The maximum absolute atomic E-state index is 10.7. The van der Waals surface area contributed by atoms with E-state index in [0.29, 0.717) is 26.1 Å². The van der Waals surface area contributed by atoms with Crippen molar-refractivity contribution in [1.82, 2.24) is 0 Å². The summed E-state index contributed by atoms with van der Waals surface area (Å²) in [6.45, 7) is 0.939. The Bertz CT molecular complexity index is 406. The van der Waals surface area contributed by atoms with Crippen LogP contribution in [0.5, 0.6) is 5.75 Å². The highest BCUT2D eigenvalue weighted by Gasteiger charge is 2.31. The van der Waals surface area contributed by atoms with Crippen LogP contribution in [-0.2, 0) is 16.1 Å².